The minimum atomic E-state index is -0.673. The van der Waals surface area contributed by atoms with Crippen molar-refractivity contribution in [2.45, 2.75) is 19.9 Å². The number of aryl methyl sites for hydroxylation is 1. The molecule has 2 amide bonds. The second-order valence-corrected chi connectivity index (χ2v) is 7.02. The lowest BCUT2D eigenvalue weighted by Gasteiger charge is -2.16. The van der Waals surface area contributed by atoms with Gasteiger partial charge in [0.05, 0.1) is 17.3 Å². The lowest BCUT2D eigenvalue weighted by Crippen LogP contribution is -2.28. The van der Waals surface area contributed by atoms with Crippen LogP contribution in [-0.4, -0.2) is 28.3 Å². The van der Waals surface area contributed by atoms with Crippen molar-refractivity contribution in [1.29, 1.82) is 0 Å². The van der Waals surface area contributed by atoms with Crippen molar-refractivity contribution in [3.63, 3.8) is 0 Å². The third-order valence-electron chi connectivity index (χ3n) is 4.60. The molecule has 2 aromatic carbocycles. The third-order valence-corrected chi connectivity index (χ3v) is 4.60. The largest absolute Gasteiger partial charge is 0.476 e. The van der Waals surface area contributed by atoms with E-state index in [4.69, 9.17) is 4.74 Å². The first-order valence-electron chi connectivity index (χ1n) is 9.84. The van der Waals surface area contributed by atoms with Crippen LogP contribution in [-0.2, 0) is 4.79 Å². The van der Waals surface area contributed by atoms with E-state index in [1.807, 2.05) is 37.3 Å². The number of aromatic nitrogens is 1. The summed E-state index contributed by atoms with van der Waals surface area (Å²) in [4.78, 5) is 39.5. The number of nitrogens with zero attached hydrogens (tertiary/aromatic N) is 2. The van der Waals surface area contributed by atoms with Crippen LogP contribution in [0.2, 0.25) is 0 Å². The number of carbonyl (C=O) groups is 2. The Morgan fingerprint density at radius 1 is 1.06 bits per heavy atom. The molecule has 1 aromatic heterocycles. The number of anilines is 1. The molecule has 0 spiro atoms. The maximum Gasteiger partial charge on any atom is 0.406 e. The van der Waals surface area contributed by atoms with E-state index in [0.717, 1.165) is 5.56 Å². The smallest absolute Gasteiger partial charge is 0.406 e. The Balaban J connectivity index is 1.66. The molecule has 0 fully saturated rings. The molecular formula is C23H22N4O5. The molecule has 2 N–H and O–H groups in total. The van der Waals surface area contributed by atoms with Gasteiger partial charge < -0.3 is 25.5 Å². The zero-order valence-electron chi connectivity index (χ0n) is 17.6. The molecule has 164 valence electrons. The van der Waals surface area contributed by atoms with Crippen molar-refractivity contribution in [1.82, 2.24) is 10.3 Å². The highest BCUT2D eigenvalue weighted by atomic mass is 16.6. The van der Waals surface area contributed by atoms with E-state index < -0.39 is 23.3 Å². The van der Waals surface area contributed by atoms with Gasteiger partial charge in [0.2, 0.25) is 5.75 Å². The van der Waals surface area contributed by atoms with E-state index in [0.29, 0.717) is 11.4 Å². The molecule has 3 rings (SSSR count). The maximum absolute atomic E-state index is 12.8. The molecule has 0 saturated carbocycles. The number of para-hydroxylation sites is 1. The minimum Gasteiger partial charge on any atom is -0.476 e. The number of benzene rings is 2. The number of hydrogen-bond donors (Lipinski definition) is 2. The monoisotopic (exact) mass is 434 g/mol. The third kappa shape index (κ3) is 5.66. The Morgan fingerprint density at radius 2 is 1.75 bits per heavy atom. The van der Waals surface area contributed by atoms with Crippen LogP contribution in [0.25, 0.3) is 0 Å². The average Bonchev–Trinajstić information content (AvgIpc) is 2.79. The van der Waals surface area contributed by atoms with Crippen LogP contribution in [0.4, 0.5) is 11.5 Å². The van der Waals surface area contributed by atoms with Crippen LogP contribution in [0.15, 0.2) is 66.7 Å². The molecule has 0 aliphatic carbocycles. The van der Waals surface area contributed by atoms with Gasteiger partial charge in [-0.2, -0.15) is 0 Å². The molecule has 1 atom stereocenters. The number of carbonyl (C=O) groups excluding carboxylic acids is 2. The van der Waals surface area contributed by atoms with Crippen molar-refractivity contribution in [2.24, 2.45) is 0 Å². The number of rotatable bonds is 8. The lowest BCUT2D eigenvalue weighted by molar-refractivity contribution is -0.390. The fourth-order valence-corrected chi connectivity index (χ4v) is 2.99. The Labute approximate surface area is 184 Å². The van der Waals surface area contributed by atoms with Crippen molar-refractivity contribution in [2.75, 3.05) is 11.9 Å². The highest BCUT2D eigenvalue weighted by Gasteiger charge is 2.20. The summed E-state index contributed by atoms with van der Waals surface area (Å²) in [5.41, 5.74) is 1.99. The molecule has 0 saturated heterocycles. The standard InChI is InChI=1S/C23H22N4O5/c1-15-12-13-20(22(24-15)27(30)31)32-14-21(28)26-19-11-7-6-10-18(19)23(29)25-16(2)17-8-4-3-5-9-17/h3-13,16H,14H2,1-2H3,(H,25,29)(H,26,28)/t16-/m0/s1. The van der Waals surface area contributed by atoms with Gasteiger partial charge in [0.25, 0.3) is 11.8 Å². The maximum atomic E-state index is 12.8. The molecule has 9 nitrogen and oxygen atoms in total. The number of nitrogens with one attached hydrogen (secondary N) is 2. The van der Waals surface area contributed by atoms with Crippen molar-refractivity contribution in [3.8, 4) is 5.75 Å². The Morgan fingerprint density at radius 3 is 2.47 bits per heavy atom. The molecule has 3 aromatic rings. The molecule has 0 aliphatic heterocycles. The normalized spacial score (nSPS) is 11.3. The molecule has 0 aliphatic rings. The number of ether oxygens (including phenoxy) is 1. The lowest BCUT2D eigenvalue weighted by atomic mass is 10.1. The van der Waals surface area contributed by atoms with Gasteiger partial charge in [-0.15, -0.1) is 0 Å². The quantitative estimate of drug-likeness (QED) is 0.410. The fourth-order valence-electron chi connectivity index (χ4n) is 2.99. The van der Waals surface area contributed by atoms with Crippen LogP contribution in [0.1, 0.15) is 34.6 Å². The average molecular weight is 434 g/mol. The van der Waals surface area contributed by atoms with Gasteiger partial charge in [-0.05, 0) is 46.7 Å². The van der Waals surface area contributed by atoms with E-state index in [2.05, 4.69) is 15.6 Å². The van der Waals surface area contributed by atoms with Crippen LogP contribution >= 0.6 is 0 Å². The van der Waals surface area contributed by atoms with E-state index in [1.54, 1.807) is 37.3 Å². The highest BCUT2D eigenvalue weighted by molar-refractivity contribution is 6.04. The number of amides is 2. The van der Waals surface area contributed by atoms with Gasteiger partial charge in [-0.3, -0.25) is 9.59 Å². The van der Waals surface area contributed by atoms with Gasteiger partial charge in [-0.25, -0.2) is 0 Å². The van der Waals surface area contributed by atoms with Crippen LogP contribution in [0.5, 0.6) is 5.75 Å². The topological polar surface area (TPSA) is 123 Å². The Kier molecular flexibility index (Phi) is 7.12. The summed E-state index contributed by atoms with van der Waals surface area (Å²) in [6, 6.07) is 18.8. The first-order chi connectivity index (χ1) is 15.3. The van der Waals surface area contributed by atoms with Crippen molar-refractivity contribution < 1.29 is 19.2 Å². The van der Waals surface area contributed by atoms with Crippen LogP contribution < -0.4 is 15.4 Å². The predicted molar refractivity (Wildman–Crippen MR) is 119 cm³/mol. The number of hydrogen-bond acceptors (Lipinski definition) is 6. The first-order valence-corrected chi connectivity index (χ1v) is 9.84. The van der Waals surface area contributed by atoms with E-state index >= 15 is 0 Å². The Bertz CT molecular complexity index is 1130. The first kappa shape index (κ1) is 22.4. The molecule has 0 unspecified atom stereocenters. The van der Waals surface area contributed by atoms with Gasteiger partial charge >= 0.3 is 5.82 Å². The van der Waals surface area contributed by atoms with Gasteiger partial charge in [0.15, 0.2) is 6.61 Å². The molecule has 0 bridgehead atoms. The SMILES string of the molecule is Cc1ccc(OCC(=O)Nc2ccccc2C(=O)N[C@@H](C)c2ccccc2)c([N+](=O)[O-])n1. The summed E-state index contributed by atoms with van der Waals surface area (Å²) in [5, 5.41) is 16.7. The van der Waals surface area contributed by atoms with Gasteiger partial charge in [0, 0.05) is 6.92 Å². The van der Waals surface area contributed by atoms with Crippen molar-refractivity contribution >= 4 is 23.3 Å². The summed E-state index contributed by atoms with van der Waals surface area (Å²) in [5.74, 6) is -1.50. The molecule has 9 heteroatoms. The number of nitro groups is 1. The van der Waals surface area contributed by atoms with Gasteiger partial charge in [0.1, 0.15) is 5.69 Å². The zero-order valence-corrected chi connectivity index (χ0v) is 17.6. The summed E-state index contributed by atoms with van der Waals surface area (Å²) < 4.78 is 5.29. The zero-order chi connectivity index (χ0) is 23.1. The summed E-state index contributed by atoms with van der Waals surface area (Å²) >= 11 is 0. The van der Waals surface area contributed by atoms with E-state index in [9.17, 15) is 19.7 Å². The molecule has 0 radical (unpaired) electrons. The van der Waals surface area contributed by atoms with Crippen molar-refractivity contribution in [3.05, 3.63) is 93.7 Å². The Hall–Kier alpha value is -4.27. The predicted octanol–water partition coefficient (Wildman–Crippen LogP) is 3.81. The second kappa shape index (κ2) is 10.2. The van der Waals surface area contributed by atoms with E-state index in [1.165, 1.54) is 6.07 Å². The fraction of sp³-hybridized carbons (Fsp3) is 0.174. The molecule has 32 heavy (non-hydrogen) atoms. The van der Waals surface area contributed by atoms with Gasteiger partial charge in [-0.1, -0.05) is 42.5 Å². The second-order valence-electron chi connectivity index (χ2n) is 7.02. The summed E-state index contributed by atoms with van der Waals surface area (Å²) in [6.45, 7) is 3.00. The summed E-state index contributed by atoms with van der Waals surface area (Å²) in [7, 11) is 0. The van der Waals surface area contributed by atoms with E-state index in [-0.39, 0.29) is 23.3 Å². The van der Waals surface area contributed by atoms with Crippen LogP contribution in [0.3, 0.4) is 0 Å². The number of pyridine rings is 1. The molecular weight excluding hydrogens is 412 g/mol. The molecule has 1 heterocycles. The van der Waals surface area contributed by atoms with Crippen LogP contribution in [0, 0.1) is 17.0 Å². The summed E-state index contributed by atoms with van der Waals surface area (Å²) in [6.07, 6.45) is 0. The minimum absolute atomic E-state index is 0.113. The highest BCUT2D eigenvalue weighted by Crippen LogP contribution is 2.24.